The van der Waals surface area contributed by atoms with Crippen LogP contribution in [0, 0.1) is 16.0 Å². The van der Waals surface area contributed by atoms with Crippen molar-refractivity contribution >= 4 is 17.5 Å². The number of hydrogen-bond acceptors (Lipinski definition) is 5. The molecule has 29 heavy (non-hydrogen) atoms. The fourth-order valence-corrected chi connectivity index (χ4v) is 3.75. The number of amides is 2. The number of carbonyl (C=O) groups is 2. The van der Waals surface area contributed by atoms with Crippen molar-refractivity contribution in [2.75, 3.05) is 7.05 Å². The van der Waals surface area contributed by atoms with Gasteiger partial charge in [0.15, 0.2) is 5.76 Å². The van der Waals surface area contributed by atoms with E-state index in [9.17, 15) is 19.7 Å². The van der Waals surface area contributed by atoms with Gasteiger partial charge in [-0.05, 0) is 36.6 Å². The Kier molecular flexibility index (Phi) is 6.64. The zero-order chi connectivity index (χ0) is 20.8. The largest absolute Gasteiger partial charge is 0.451 e. The summed E-state index contributed by atoms with van der Waals surface area (Å²) in [5.41, 5.74) is 0.606. The molecule has 8 nitrogen and oxygen atoms in total. The fraction of sp³-hybridized carbons (Fsp3) is 0.429. The molecule has 0 saturated heterocycles. The van der Waals surface area contributed by atoms with Crippen LogP contribution >= 0.6 is 0 Å². The number of carbonyl (C=O) groups excluding carboxylic acids is 2. The van der Waals surface area contributed by atoms with Crippen LogP contribution in [0.25, 0.3) is 11.3 Å². The van der Waals surface area contributed by atoms with E-state index >= 15 is 0 Å². The van der Waals surface area contributed by atoms with Gasteiger partial charge in [0.1, 0.15) is 11.8 Å². The lowest BCUT2D eigenvalue weighted by Gasteiger charge is -2.26. The summed E-state index contributed by atoms with van der Waals surface area (Å²) in [5.74, 6) is 0.275. The Morgan fingerprint density at radius 1 is 1.14 bits per heavy atom. The number of rotatable bonds is 7. The van der Waals surface area contributed by atoms with E-state index in [4.69, 9.17) is 4.42 Å². The average Bonchev–Trinajstić information content (AvgIpc) is 3.24. The highest BCUT2D eigenvalue weighted by molar-refractivity contribution is 5.95. The molecule has 0 radical (unpaired) electrons. The molecule has 1 aliphatic rings. The summed E-state index contributed by atoms with van der Waals surface area (Å²) in [4.78, 5) is 35.2. The predicted molar refractivity (Wildman–Crippen MR) is 107 cm³/mol. The molecule has 1 aliphatic carbocycles. The van der Waals surface area contributed by atoms with Gasteiger partial charge >= 0.3 is 0 Å². The van der Waals surface area contributed by atoms with Crippen molar-refractivity contribution in [3.8, 4) is 11.3 Å². The van der Waals surface area contributed by atoms with Crippen molar-refractivity contribution in [3.05, 3.63) is 52.3 Å². The van der Waals surface area contributed by atoms with E-state index in [2.05, 4.69) is 10.6 Å². The lowest BCUT2D eigenvalue weighted by molar-refractivity contribution is -0.384. The van der Waals surface area contributed by atoms with E-state index in [1.807, 2.05) is 0 Å². The molecule has 2 aromatic rings. The minimum Gasteiger partial charge on any atom is -0.451 e. The third kappa shape index (κ3) is 5.22. The van der Waals surface area contributed by atoms with Crippen LogP contribution in [-0.4, -0.2) is 29.8 Å². The Balaban J connectivity index is 1.68. The van der Waals surface area contributed by atoms with E-state index in [0.29, 0.717) is 23.7 Å². The summed E-state index contributed by atoms with van der Waals surface area (Å²) in [6.07, 6.45) is 6.32. The van der Waals surface area contributed by atoms with E-state index in [-0.39, 0.29) is 17.4 Å². The highest BCUT2D eigenvalue weighted by Crippen LogP contribution is 2.28. The van der Waals surface area contributed by atoms with Gasteiger partial charge in [-0.2, -0.15) is 0 Å². The van der Waals surface area contributed by atoms with Crippen LogP contribution in [0.15, 0.2) is 40.8 Å². The van der Waals surface area contributed by atoms with Gasteiger partial charge in [-0.25, -0.2) is 0 Å². The summed E-state index contributed by atoms with van der Waals surface area (Å²) >= 11 is 0. The minimum absolute atomic E-state index is 0.0191. The maximum Gasteiger partial charge on any atom is 0.287 e. The maximum atomic E-state index is 12.6. The monoisotopic (exact) mass is 399 g/mol. The molecule has 1 fully saturated rings. The van der Waals surface area contributed by atoms with Crippen molar-refractivity contribution < 1.29 is 18.9 Å². The van der Waals surface area contributed by atoms with Crippen LogP contribution in [0.4, 0.5) is 5.69 Å². The van der Waals surface area contributed by atoms with Gasteiger partial charge in [-0.1, -0.05) is 32.1 Å². The standard InChI is InChI=1S/C21H25N3O5/c1-22-20(25)17(13-14-5-3-2-4-6-14)23-21(26)19-12-11-18(29-19)15-7-9-16(10-8-15)24(27)28/h7-12,14,17H,2-6,13H2,1H3,(H,22,25)(H,23,26)/t17-/m0/s1. The maximum absolute atomic E-state index is 12.6. The highest BCUT2D eigenvalue weighted by atomic mass is 16.6. The van der Waals surface area contributed by atoms with E-state index in [0.717, 1.165) is 25.7 Å². The highest BCUT2D eigenvalue weighted by Gasteiger charge is 2.26. The number of non-ortho nitro benzene ring substituents is 1. The summed E-state index contributed by atoms with van der Waals surface area (Å²) in [6, 6.07) is 8.44. The number of hydrogen-bond donors (Lipinski definition) is 2. The Hall–Kier alpha value is -3.16. The van der Waals surface area contributed by atoms with Crippen LogP contribution in [0.2, 0.25) is 0 Å². The van der Waals surface area contributed by atoms with Crippen molar-refractivity contribution in [3.63, 3.8) is 0 Å². The summed E-state index contributed by atoms with van der Waals surface area (Å²) < 4.78 is 5.62. The number of nitro benzene ring substituents is 1. The lowest BCUT2D eigenvalue weighted by Crippen LogP contribution is -2.46. The number of benzene rings is 1. The molecule has 154 valence electrons. The normalized spacial score (nSPS) is 15.5. The number of furan rings is 1. The average molecular weight is 399 g/mol. The third-order valence-electron chi connectivity index (χ3n) is 5.35. The lowest BCUT2D eigenvalue weighted by atomic mass is 9.84. The second kappa shape index (κ2) is 9.36. The Morgan fingerprint density at radius 2 is 1.83 bits per heavy atom. The van der Waals surface area contributed by atoms with Crippen molar-refractivity contribution in [1.82, 2.24) is 10.6 Å². The van der Waals surface area contributed by atoms with Gasteiger partial charge in [0.25, 0.3) is 11.6 Å². The van der Waals surface area contributed by atoms with Crippen molar-refractivity contribution in [2.45, 2.75) is 44.6 Å². The second-order valence-electron chi connectivity index (χ2n) is 7.35. The number of nitrogens with one attached hydrogen (secondary N) is 2. The Morgan fingerprint density at radius 3 is 2.45 bits per heavy atom. The van der Waals surface area contributed by atoms with Crippen LogP contribution in [-0.2, 0) is 4.79 Å². The Labute approximate surface area is 168 Å². The smallest absolute Gasteiger partial charge is 0.287 e. The van der Waals surface area contributed by atoms with Gasteiger partial charge in [0, 0.05) is 24.7 Å². The molecular formula is C21H25N3O5. The molecule has 0 unspecified atom stereocenters. The van der Waals surface area contributed by atoms with Crippen LogP contribution in [0.5, 0.6) is 0 Å². The van der Waals surface area contributed by atoms with Gasteiger partial charge in [0.05, 0.1) is 4.92 Å². The van der Waals surface area contributed by atoms with Gasteiger partial charge < -0.3 is 15.1 Å². The predicted octanol–water partition coefficient (Wildman–Crippen LogP) is 3.67. The Bertz CT molecular complexity index is 869. The number of nitro groups is 1. The molecule has 1 heterocycles. The zero-order valence-corrected chi connectivity index (χ0v) is 16.3. The zero-order valence-electron chi connectivity index (χ0n) is 16.3. The SMILES string of the molecule is CNC(=O)[C@H](CC1CCCCC1)NC(=O)c1ccc(-c2ccc([N+](=O)[O-])cc2)o1. The molecule has 3 rings (SSSR count). The molecule has 1 aromatic carbocycles. The van der Waals surface area contributed by atoms with Crippen LogP contribution in [0.1, 0.15) is 49.1 Å². The molecule has 2 amide bonds. The molecular weight excluding hydrogens is 374 g/mol. The van der Waals surface area contributed by atoms with Crippen LogP contribution in [0.3, 0.4) is 0 Å². The molecule has 1 saturated carbocycles. The first-order chi connectivity index (χ1) is 14.0. The van der Waals surface area contributed by atoms with Crippen LogP contribution < -0.4 is 10.6 Å². The van der Waals surface area contributed by atoms with Gasteiger partial charge in [0.2, 0.25) is 5.91 Å². The molecule has 1 atom stereocenters. The molecule has 2 N–H and O–H groups in total. The number of nitrogens with zero attached hydrogens (tertiary/aromatic N) is 1. The van der Waals surface area contributed by atoms with E-state index < -0.39 is 16.9 Å². The minimum atomic E-state index is -0.608. The van der Waals surface area contributed by atoms with Crippen molar-refractivity contribution in [1.29, 1.82) is 0 Å². The topological polar surface area (TPSA) is 114 Å². The van der Waals surface area contributed by atoms with Crippen molar-refractivity contribution in [2.24, 2.45) is 5.92 Å². The third-order valence-corrected chi connectivity index (χ3v) is 5.35. The quantitative estimate of drug-likeness (QED) is 0.544. The summed E-state index contributed by atoms with van der Waals surface area (Å²) in [7, 11) is 1.56. The molecule has 0 aliphatic heterocycles. The summed E-state index contributed by atoms with van der Waals surface area (Å²) in [6.45, 7) is 0. The van der Waals surface area contributed by atoms with E-state index in [1.54, 1.807) is 25.2 Å². The molecule has 0 bridgehead atoms. The van der Waals surface area contributed by atoms with E-state index in [1.165, 1.54) is 24.6 Å². The van der Waals surface area contributed by atoms with Gasteiger partial charge in [-0.3, -0.25) is 19.7 Å². The fourth-order valence-electron chi connectivity index (χ4n) is 3.75. The molecule has 8 heteroatoms. The first-order valence-electron chi connectivity index (χ1n) is 9.85. The second-order valence-corrected chi connectivity index (χ2v) is 7.35. The first-order valence-corrected chi connectivity index (χ1v) is 9.85. The molecule has 1 aromatic heterocycles. The summed E-state index contributed by atoms with van der Waals surface area (Å²) in [5, 5.41) is 16.2. The van der Waals surface area contributed by atoms with Gasteiger partial charge in [-0.15, -0.1) is 0 Å². The molecule has 0 spiro atoms. The number of likely N-dealkylation sites (N-methyl/N-ethyl adjacent to an activating group) is 1. The first kappa shape index (κ1) is 20.6.